The van der Waals surface area contributed by atoms with Crippen molar-refractivity contribution in [2.75, 3.05) is 28.6 Å². The number of aromatic nitrogens is 3. The summed E-state index contributed by atoms with van der Waals surface area (Å²) in [5.41, 5.74) is 1.36. The Hall–Kier alpha value is -4.00. The number of hydrogen-bond donors (Lipinski definition) is 2. The number of hydrogen-bond acceptors (Lipinski definition) is 8. The van der Waals surface area contributed by atoms with Crippen LogP contribution in [-0.4, -0.2) is 46.4 Å². The van der Waals surface area contributed by atoms with Gasteiger partial charge in [-0.2, -0.15) is 4.98 Å². The quantitative estimate of drug-likeness (QED) is 0.354. The number of nitrogens with one attached hydrogen (secondary N) is 2. The molecule has 2 fully saturated rings. The van der Waals surface area contributed by atoms with Gasteiger partial charge in [0.1, 0.15) is 17.9 Å². The summed E-state index contributed by atoms with van der Waals surface area (Å²) in [7, 11) is 0. The van der Waals surface area contributed by atoms with Crippen molar-refractivity contribution in [2.24, 2.45) is 5.92 Å². The van der Waals surface area contributed by atoms with Gasteiger partial charge in [-0.15, -0.1) is 13.2 Å². The van der Waals surface area contributed by atoms with Crippen LogP contribution in [0, 0.1) is 11.7 Å². The molecule has 13 heteroatoms. The minimum absolute atomic E-state index is 0.0183. The highest BCUT2D eigenvalue weighted by atomic mass is 19.4. The van der Waals surface area contributed by atoms with Crippen LogP contribution in [0.25, 0.3) is 0 Å². The highest BCUT2D eigenvalue weighted by Crippen LogP contribution is 2.31. The fourth-order valence-electron chi connectivity index (χ4n) is 4.13. The van der Waals surface area contributed by atoms with Gasteiger partial charge in [0.2, 0.25) is 17.8 Å². The average molecular weight is 547 g/mol. The number of piperidine rings is 1. The Balaban J connectivity index is 1.12. The van der Waals surface area contributed by atoms with Crippen molar-refractivity contribution in [2.45, 2.75) is 44.8 Å². The summed E-state index contributed by atoms with van der Waals surface area (Å²) in [5.74, 6) is -0.267. The zero-order chi connectivity index (χ0) is 27.4. The maximum Gasteiger partial charge on any atom is 0.573 e. The Morgan fingerprint density at radius 3 is 2.46 bits per heavy atom. The number of amides is 1. The minimum Gasteiger partial charge on any atom is -0.406 e. The Morgan fingerprint density at radius 1 is 1.03 bits per heavy atom. The molecule has 0 radical (unpaired) electrons. The molecule has 0 bridgehead atoms. The average Bonchev–Trinajstić information content (AvgIpc) is 3.76. The molecule has 2 aliphatic rings. The van der Waals surface area contributed by atoms with Crippen LogP contribution in [0.3, 0.4) is 0 Å². The van der Waals surface area contributed by atoms with Crippen LogP contribution in [0.15, 0.2) is 48.8 Å². The molecule has 3 aromatic rings. The van der Waals surface area contributed by atoms with Crippen LogP contribution in [0.5, 0.6) is 5.75 Å². The van der Waals surface area contributed by atoms with Crippen molar-refractivity contribution in [1.29, 1.82) is 0 Å². The van der Waals surface area contributed by atoms with Crippen molar-refractivity contribution in [3.05, 3.63) is 60.2 Å². The fourth-order valence-corrected chi connectivity index (χ4v) is 4.13. The van der Waals surface area contributed by atoms with Gasteiger partial charge < -0.3 is 25.0 Å². The minimum atomic E-state index is -4.72. The van der Waals surface area contributed by atoms with Crippen molar-refractivity contribution in [1.82, 2.24) is 15.0 Å². The highest BCUT2D eigenvalue weighted by molar-refractivity contribution is 5.94. The summed E-state index contributed by atoms with van der Waals surface area (Å²) in [4.78, 5) is 26.9. The summed E-state index contributed by atoms with van der Waals surface area (Å²) >= 11 is 0. The van der Waals surface area contributed by atoms with Crippen molar-refractivity contribution < 1.29 is 31.8 Å². The number of nitrogens with zero attached hydrogens (tertiary/aromatic N) is 4. The van der Waals surface area contributed by atoms with Gasteiger partial charge in [0.05, 0.1) is 18.4 Å². The summed E-state index contributed by atoms with van der Waals surface area (Å²) in [6, 6.07) is 9.91. The number of rotatable bonds is 9. The first-order chi connectivity index (χ1) is 18.7. The van der Waals surface area contributed by atoms with Crippen LogP contribution < -0.4 is 20.3 Å². The zero-order valence-corrected chi connectivity index (χ0v) is 20.7. The first-order valence-electron chi connectivity index (χ1n) is 12.5. The van der Waals surface area contributed by atoms with E-state index in [1.807, 2.05) is 4.90 Å². The van der Waals surface area contributed by atoms with E-state index in [0.29, 0.717) is 37.6 Å². The lowest BCUT2D eigenvalue weighted by atomic mass is 10.1. The van der Waals surface area contributed by atoms with E-state index in [1.54, 1.807) is 12.1 Å². The molecular weight excluding hydrogens is 520 g/mol. The highest BCUT2D eigenvalue weighted by Gasteiger charge is 2.31. The second-order valence-corrected chi connectivity index (χ2v) is 9.38. The summed E-state index contributed by atoms with van der Waals surface area (Å²) in [5, 5.41) is 5.65. The predicted molar refractivity (Wildman–Crippen MR) is 134 cm³/mol. The van der Waals surface area contributed by atoms with E-state index in [-0.39, 0.29) is 41.9 Å². The molecule has 0 spiro atoms. The predicted octanol–water partition coefficient (Wildman–Crippen LogP) is 5.19. The Labute approximate surface area is 221 Å². The molecule has 1 aliphatic carbocycles. The van der Waals surface area contributed by atoms with Crippen molar-refractivity contribution >= 4 is 29.2 Å². The Morgan fingerprint density at radius 2 is 1.77 bits per heavy atom. The Bertz CT molecular complexity index is 1300. The number of anilines is 4. The number of benzene rings is 2. The summed E-state index contributed by atoms with van der Waals surface area (Å²) in [6.45, 7) is 1.55. The number of halogens is 4. The van der Waals surface area contributed by atoms with Crippen LogP contribution in [0.1, 0.15) is 31.2 Å². The number of ether oxygens (including phenoxy) is 2. The van der Waals surface area contributed by atoms with Gasteiger partial charge in [0, 0.05) is 24.7 Å². The number of alkyl halides is 3. The van der Waals surface area contributed by atoms with Gasteiger partial charge >= 0.3 is 6.36 Å². The maximum atomic E-state index is 14.2. The molecule has 0 atom stereocenters. The molecule has 1 saturated carbocycles. The summed E-state index contributed by atoms with van der Waals surface area (Å²) < 4.78 is 60.9. The summed E-state index contributed by atoms with van der Waals surface area (Å²) in [6.07, 6.45) is -0.285. The molecule has 5 rings (SSSR count). The standard InChI is InChI=1S/C26H26F4N6O3/c27-21-8-5-18(13-22(21)34-23(37)17-3-4-17)33-24-31-15-32-25(35-24)36-11-9-19(10-12-36)38-14-16-1-6-20(7-2-16)39-26(28,29)30/h1-2,5-8,13,15,17,19H,3-4,9-12,14H2,(H,34,37)(H,31,32,33,35). The van der Waals surface area contributed by atoms with Crippen LogP contribution in [0.4, 0.5) is 40.8 Å². The molecule has 1 amide bonds. The third-order valence-electron chi connectivity index (χ3n) is 6.36. The van der Waals surface area contributed by atoms with E-state index in [2.05, 4.69) is 30.3 Å². The second-order valence-electron chi connectivity index (χ2n) is 9.38. The van der Waals surface area contributed by atoms with Crippen molar-refractivity contribution in [3.63, 3.8) is 0 Å². The number of carbonyl (C=O) groups is 1. The first kappa shape index (κ1) is 26.6. The van der Waals surface area contributed by atoms with E-state index in [0.717, 1.165) is 18.4 Å². The van der Waals surface area contributed by atoms with Crippen molar-refractivity contribution in [3.8, 4) is 5.75 Å². The van der Waals surface area contributed by atoms with Gasteiger partial charge in [-0.25, -0.2) is 14.4 Å². The van der Waals surface area contributed by atoms with E-state index in [4.69, 9.17) is 4.74 Å². The van der Waals surface area contributed by atoms with Crippen LogP contribution in [-0.2, 0) is 16.1 Å². The molecule has 206 valence electrons. The second kappa shape index (κ2) is 11.4. The van der Waals surface area contributed by atoms with E-state index in [9.17, 15) is 22.4 Å². The van der Waals surface area contributed by atoms with Crippen LogP contribution in [0.2, 0.25) is 0 Å². The lowest BCUT2D eigenvalue weighted by Crippen LogP contribution is -2.38. The lowest BCUT2D eigenvalue weighted by Gasteiger charge is -2.32. The van der Waals surface area contributed by atoms with Gasteiger partial charge in [-0.3, -0.25) is 4.79 Å². The lowest BCUT2D eigenvalue weighted by molar-refractivity contribution is -0.274. The molecule has 1 aliphatic heterocycles. The van der Waals surface area contributed by atoms with Gasteiger partial charge in [-0.05, 0) is 61.6 Å². The number of carbonyl (C=O) groups excluding carboxylic acids is 1. The molecule has 1 aromatic heterocycles. The maximum absolute atomic E-state index is 14.2. The molecule has 9 nitrogen and oxygen atoms in total. The smallest absolute Gasteiger partial charge is 0.406 e. The van der Waals surface area contributed by atoms with E-state index in [1.165, 1.54) is 36.7 Å². The SMILES string of the molecule is O=C(Nc1cc(Nc2ncnc(N3CCC(OCc4ccc(OC(F)(F)F)cc4)CC3)n2)ccc1F)C1CC1. The molecule has 2 N–H and O–H groups in total. The third-order valence-corrected chi connectivity index (χ3v) is 6.36. The topological polar surface area (TPSA) is 102 Å². The zero-order valence-electron chi connectivity index (χ0n) is 20.7. The molecule has 39 heavy (non-hydrogen) atoms. The largest absolute Gasteiger partial charge is 0.573 e. The van der Waals surface area contributed by atoms with Gasteiger partial charge in [-0.1, -0.05) is 12.1 Å². The van der Waals surface area contributed by atoms with E-state index >= 15 is 0 Å². The molecule has 2 aromatic carbocycles. The monoisotopic (exact) mass is 546 g/mol. The molecular formula is C26H26F4N6O3. The van der Waals surface area contributed by atoms with Crippen LogP contribution >= 0.6 is 0 Å². The fraction of sp³-hybridized carbons (Fsp3) is 0.385. The van der Waals surface area contributed by atoms with Gasteiger partial charge in [0.25, 0.3) is 0 Å². The van der Waals surface area contributed by atoms with Gasteiger partial charge in [0.15, 0.2) is 0 Å². The third kappa shape index (κ3) is 7.53. The molecule has 0 unspecified atom stereocenters. The molecule has 1 saturated heterocycles. The first-order valence-corrected chi connectivity index (χ1v) is 12.5. The van der Waals surface area contributed by atoms with E-state index < -0.39 is 12.2 Å². The normalized spacial score (nSPS) is 16.2. The Kier molecular flexibility index (Phi) is 7.77. The molecule has 2 heterocycles.